The van der Waals surface area contributed by atoms with Crippen molar-refractivity contribution in [3.63, 3.8) is 0 Å². The highest BCUT2D eigenvalue weighted by Crippen LogP contribution is 2.22. The molecule has 0 radical (unpaired) electrons. The molecule has 3 nitrogen and oxygen atoms in total. The number of nitrogens with one attached hydrogen (secondary N) is 1. The van der Waals surface area contributed by atoms with Crippen molar-refractivity contribution in [1.82, 2.24) is 5.32 Å². The van der Waals surface area contributed by atoms with Crippen LogP contribution in [0, 0.1) is 0 Å². The number of ether oxygens (including phenoxy) is 1. The zero-order valence-electron chi connectivity index (χ0n) is 12.6. The molecule has 1 aromatic carbocycles. The van der Waals surface area contributed by atoms with E-state index in [1.54, 1.807) is 0 Å². The molecule has 0 fully saturated rings. The average Bonchev–Trinajstić information content (AvgIpc) is 2.49. The summed E-state index contributed by atoms with van der Waals surface area (Å²) in [5, 5.41) is 3.09. The Morgan fingerprint density at radius 2 is 2.10 bits per heavy atom. The van der Waals surface area contributed by atoms with Crippen molar-refractivity contribution in [2.24, 2.45) is 0 Å². The van der Waals surface area contributed by atoms with Gasteiger partial charge in [0.1, 0.15) is 5.76 Å². The lowest BCUT2D eigenvalue weighted by molar-refractivity contribution is -0.118. The molecule has 21 heavy (non-hydrogen) atoms. The van der Waals surface area contributed by atoms with Gasteiger partial charge in [-0.2, -0.15) is 0 Å². The molecule has 4 heteroatoms. The van der Waals surface area contributed by atoms with E-state index < -0.39 is 0 Å². The Hall–Kier alpha value is -1.29. The molecule has 1 heterocycles. The van der Waals surface area contributed by atoms with Crippen LogP contribution in [0.1, 0.15) is 38.7 Å². The van der Waals surface area contributed by atoms with Crippen LogP contribution in [0.25, 0.3) is 0 Å². The first-order valence-corrected chi connectivity index (χ1v) is 8.29. The summed E-state index contributed by atoms with van der Waals surface area (Å²) in [4.78, 5) is 12.4. The summed E-state index contributed by atoms with van der Waals surface area (Å²) in [6, 6.07) is 8.30. The van der Waals surface area contributed by atoms with Gasteiger partial charge >= 0.3 is 0 Å². The second kappa shape index (κ2) is 7.64. The topological polar surface area (TPSA) is 38.3 Å². The molecule has 1 unspecified atom stereocenters. The largest absolute Gasteiger partial charge is 0.497 e. The summed E-state index contributed by atoms with van der Waals surface area (Å²) in [6.45, 7) is 4.80. The molecule has 1 amide bonds. The fraction of sp³-hybridized carbons (Fsp3) is 0.471. The average molecular weight is 352 g/mol. The van der Waals surface area contributed by atoms with Crippen LogP contribution in [0.5, 0.6) is 0 Å². The number of allylic oxidation sites excluding steroid dienone is 1. The van der Waals surface area contributed by atoms with Crippen LogP contribution in [-0.4, -0.2) is 18.6 Å². The quantitative estimate of drug-likeness (QED) is 0.871. The summed E-state index contributed by atoms with van der Waals surface area (Å²) in [6.07, 6.45) is 3.35. The Balaban J connectivity index is 1.95. The molecule has 0 saturated heterocycles. The molecule has 2 rings (SSSR count). The molecule has 1 atom stereocenters. The standard InChI is InChI=1S/C17H22BrNO2/c1-3-16-15(5-4-10-21-16)17(20)19-12(2)11-13-6-8-14(18)9-7-13/h6-9,12H,3-5,10-11H2,1-2H3,(H,19,20). The number of carbonyl (C=O) groups excluding carboxylic acids is 1. The van der Waals surface area contributed by atoms with Gasteiger partial charge in [-0.15, -0.1) is 0 Å². The van der Waals surface area contributed by atoms with Gasteiger partial charge in [0, 0.05) is 16.9 Å². The summed E-state index contributed by atoms with van der Waals surface area (Å²) < 4.78 is 6.66. The molecule has 0 spiro atoms. The second-order valence-corrected chi connectivity index (χ2v) is 6.33. The zero-order valence-corrected chi connectivity index (χ0v) is 14.2. The lowest BCUT2D eigenvalue weighted by atomic mass is 10.0. The Bertz CT molecular complexity index is 522. The number of benzene rings is 1. The summed E-state index contributed by atoms with van der Waals surface area (Å²) >= 11 is 3.43. The minimum absolute atomic E-state index is 0.0242. The van der Waals surface area contributed by atoms with E-state index in [1.807, 2.05) is 26.0 Å². The Kier molecular flexibility index (Phi) is 5.85. The number of hydrogen-bond acceptors (Lipinski definition) is 2. The zero-order chi connectivity index (χ0) is 15.2. The van der Waals surface area contributed by atoms with E-state index in [4.69, 9.17) is 4.74 Å². The highest BCUT2D eigenvalue weighted by molar-refractivity contribution is 9.10. The lowest BCUT2D eigenvalue weighted by Crippen LogP contribution is -2.36. The van der Waals surface area contributed by atoms with Gasteiger partial charge in [0.05, 0.1) is 12.2 Å². The smallest absolute Gasteiger partial charge is 0.250 e. The lowest BCUT2D eigenvalue weighted by Gasteiger charge is -2.22. The molecule has 1 aromatic rings. The monoisotopic (exact) mass is 351 g/mol. The maximum atomic E-state index is 12.4. The van der Waals surface area contributed by atoms with Crippen molar-refractivity contribution in [2.45, 2.75) is 45.6 Å². The summed E-state index contributed by atoms with van der Waals surface area (Å²) in [5.74, 6) is 0.880. The van der Waals surface area contributed by atoms with Gasteiger partial charge in [-0.25, -0.2) is 0 Å². The van der Waals surface area contributed by atoms with Gasteiger partial charge in [0.25, 0.3) is 5.91 Å². The Morgan fingerprint density at radius 1 is 1.38 bits per heavy atom. The minimum Gasteiger partial charge on any atom is -0.497 e. The summed E-state index contributed by atoms with van der Waals surface area (Å²) in [5.41, 5.74) is 2.04. The van der Waals surface area contributed by atoms with E-state index in [9.17, 15) is 4.79 Å². The normalized spacial score (nSPS) is 16.3. The third-order valence-electron chi connectivity index (χ3n) is 3.61. The first-order valence-electron chi connectivity index (χ1n) is 7.50. The van der Waals surface area contributed by atoms with Crippen LogP contribution in [0.15, 0.2) is 40.1 Å². The number of carbonyl (C=O) groups is 1. The highest BCUT2D eigenvalue weighted by Gasteiger charge is 2.20. The second-order valence-electron chi connectivity index (χ2n) is 5.41. The maximum Gasteiger partial charge on any atom is 0.250 e. The number of halogens is 1. The molecule has 0 bridgehead atoms. The van der Waals surface area contributed by atoms with E-state index in [0.717, 1.165) is 48.1 Å². The molecule has 1 aliphatic heterocycles. The first-order chi connectivity index (χ1) is 10.1. The van der Waals surface area contributed by atoms with Crippen LogP contribution in [-0.2, 0) is 16.0 Å². The molecule has 1 N–H and O–H groups in total. The number of hydrogen-bond donors (Lipinski definition) is 1. The predicted octanol–water partition coefficient (Wildman–Crippen LogP) is 3.97. The molecule has 114 valence electrons. The molecule has 0 aromatic heterocycles. The van der Waals surface area contributed by atoms with Crippen molar-refractivity contribution in [3.05, 3.63) is 45.6 Å². The maximum absolute atomic E-state index is 12.4. The van der Waals surface area contributed by atoms with Crippen LogP contribution in [0.3, 0.4) is 0 Å². The third kappa shape index (κ3) is 4.60. The van der Waals surface area contributed by atoms with Crippen molar-refractivity contribution in [2.75, 3.05) is 6.61 Å². The summed E-state index contributed by atoms with van der Waals surface area (Å²) in [7, 11) is 0. The fourth-order valence-electron chi connectivity index (χ4n) is 2.56. The fourth-order valence-corrected chi connectivity index (χ4v) is 2.83. The van der Waals surface area contributed by atoms with E-state index in [1.165, 1.54) is 5.56 Å². The molecular weight excluding hydrogens is 330 g/mol. The van der Waals surface area contributed by atoms with Crippen LogP contribution >= 0.6 is 15.9 Å². The third-order valence-corrected chi connectivity index (χ3v) is 4.14. The van der Waals surface area contributed by atoms with E-state index in [-0.39, 0.29) is 11.9 Å². The predicted molar refractivity (Wildman–Crippen MR) is 88.0 cm³/mol. The van der Waals surface area contributed by atoms with Crippen LogP contribution in [0.2, 0.25) is 0 Å². The van der Waals surface area contributed by atoms with E-state index >= 15 is 0 Å². The van der Waals surface area contributed by atoms with Crippen molar-refractivity contribution in [1.29, 1.82) is 0 Å². The van der Waals surface area contributed by atoms with Gasteiger partial charge in [0.15, 0.2) is 0 Å². The minimum atomic E-state index is 0.0242. The van der Waals surface area contributed by atoms with Crippen molar-refractivity contribution < 1.29 is 9.53 Å². The first kappa shape index (κ1) is 16.1. The van der Waals surface area contributed by atoms with Gasteiger partial charge in [-0.3, -0.25) is 4.79 Å². The van der Waals surface area contributed by atoms with Crippen LogP contribution in [0.4, 0.5) is 0 Å². The highest BCUT2D eigenvalue weighted by atomic mass is 79.9. The van der Waals surface area contributed by atoms with Crippen molar-refractivity contribution in [3.8, 4) is 0 Å². The molecule has 0 saturated carbocycles. The van der Waals surface area contributed by atoms with E-state index in [2.05, 4.69) is 33.4 Å². The van der Waals surface area contributed by atoms with Gasteiger partial charge in [-0.1, -0.05) is 35.0 Å². The van der Waals surface area contributed by atoms with Crippen LogP contribution < -0.4 is 5.32 Å². The molecule has 0 aliphatic carbocycles. The van der Waals surface area contributed by atoms with Gasteiger partial charge < -0.3 is 10.1 Å². The SMILES string of the molecule is CCC1=C(C(=O)NC(C)Cc2ccc(Br)cc2)CCCO1. The van der Waals surface area contributed by atoms with Gasteiger partial charge in [0.2, 0.25) is 0 Å². The number of amides is 1. The Morgan fingerprint density at radius 3 is 2.76 bits per heavy atom. The Labute approximate surface area is 134 Å². The molecule has 1 aliphatic rings. The van der Waals surface area contributed by atoms with Crippen molar-refractivity contribution >= 4 is 21.8 Å². The number of rotatable bonds is 5. The molecular formula is C17H22BrNO2. The van der Waals surface area contributed by atoms with Gasteiger partial charge in [-0.05, 0) is 43.9 Å². The van der Waals surface area contributed by atoms with E-state index in [0.29, 0.717) is 0 Å².